The third-order valence-electron chi connectivity index (χ3n) is 5.91. The van der Waals surface area contributed by atoms with E-state index in [4.69, 9.17) is 4.74 Å². The molecule has 2 heterocycles. The average molecular weight is 577 g/mol. The van der Waals surface area contributed by atoms with Gasteiger partial charge in [-0.3, -0.25) is 4.72 Å². The zero-order valence-electron chi connectivity index (χ0n) is 21.7. The molecule has 210 valence electrons. The van der Waals surface area contributed by atoms with E-state index < -0.39 is 27.9 Å². The van der Waals surface area contributed by atoms with Gasteiger partial charge < -0.3 is 9.64 Å². The highest BCUT2D eigenvalue weighted by Crippen LogP contribution is 2.41. The molecule has 3 rings (SSSR count). The highest BCUT2D eigenvalue weighted by Gasteiger charge is 2.36. The second-order valence-electron chi connectivity index (χ2n) is 9.28. The summed E-state index contributed by atoms with van der Waals surface area (Å²) in [5.41, 5.74) is 1.51. The maximum Gasteiger partial charge on any atom is 0.404 e. The van der Waals surface area contributed by atoms with Crippen LogP contribution in [0.4, 0.5) is 35.4 Å². The molecule has 1 aliphatic heterocycles. The number of hydrogen-bond donors (Lipinski definition) is 1. The Morgan fingerprint density at radius 1 is 1.24 bits per heavy atom. The number of fused-ring (bicyclic) bond motifs is 1. The highest BCUT2D eigenvalue weighted by molar-refractivity contribution is 7.92. The van der Waals surface area contributed by atoms with Gasteiger partial charge in [0.25, 0.3) is 5.13 Å². The Morgan fingerprint density at radius 3 is 2.53 bits per heavy atom. The number of carbonyl (C=O) groups excluding carboxylic acids is 1. The third-order valence-corrected chi connectivity index (χ3v) is 7.94. The number of anilines is 2. The fourth-order valence-corrected chi connectivity index (χ4v) is 5.87. The standard InChI is InChI=1S/C23H31F3N6O4S2/c1-6-16(7-2)32-14(5)8-9-15-10-17(18(11-19(15)32)31-38(34,35)12-23(24,25)26)27-29-22-30-28-20(37-22)21(33)36-13(3)4/h10-11,13-14,16,31H,6-9,12H2,1-5H3. The molecular formula is C23H31F3N6O4S2. The Bertz CT molecular complexity index is 1280. The normalized spacial score (nSPS) is 16.4. The highest BCUT2D eigenvalue weighted by atomic mass is 32.2. The number of alkyl halides is 3. The van der Waals surface area contributed by atoms with E-state index in [-0.39, 0.29) is 39.7 Å². The summed E-state index contributed by atoms with van der Waals surface area (Å²) >= 11 is 0.816. The molecule has 1 aliphatic rings. The van der Waals surface area contributed by atoms with Gasteiger partial charge in [0, 0.05) is 17.8 Å². The van der Waals surface area contributed by atoms with Gasteiger partial charge in [-0.1, -0.05) is 25.2 Å². The van der Waals surface area contributed by atoms with Crippen molar-refractivity contribution in [1.29, 1.82) is 0 Å². The minimum Gasteiger partial charge on any atom is -0.458 e. The zero-order valence-corrected chi connectivity index (χ0v) is 23.4. The molecule has 0 radical (unpaired) electrons. The molecule has 1 N–H and O–H groups in total. The van der Waals surface area contributed by atoms with Gasteiger partial charge in [-0.15, -0.1) is 20.4 Å². The number of nitrogens with zero attached hydrogens (tertiary/aromatic N) is 5. The molecule has 38 heavy (non-hydrogen) atoms. The van der Waals surface area contributed by atoms with Crippen molar-refractivity contribution < 1.29 is 31.1 Å². The van der Waals surface area contributed by atoms with Crippen LogP contribution in [0.2, 0.25) is 0 Å². The third kappa shape index (κ3) is 7.62. The van der Waals surface area contributed by atoms with Gasteiger partial charge in [-0.25, -0.2) is 13.2 Å². The number of ether oxygens (including phenoxy) is 1. The fourth-order valence-electron chi connectivity index (χ4n) is 4.32. The number of nitrogens with one attached hydrogen (secondary N) is 1. The van der Waals surface area contributed by atoms with Crippen LogP contribution >= 0.6 is 11.3 Å². The summed E-state index contributed by atoms with van der Waals surface area (Å²) in [5, 5.41) is 15.5. The SMILES string of the molecule is CCC(CC)N1c2cc(NS(=O)(=O)CC(F)(F)F)c(N=Nc3nnc(C(=O)OC(C)C)s3)cc2CCC1C. The van der Waals surface area contributed by atoms with Crippen LogP contribution in [-0.4, -0.2) is 54.7 Å². The molecule has 15 heteroatoms. The molecule has 0 saturated heterocycles. The lowest BCUT2D eigenvalue weighted by Gasteiger charge is -2.42. The van der Waals surface area contributed by atoms with Gasteiger partial charge in [-0.2, -0.15) is 13.2 Å². The predicted molar refractivity (Wildman–Crippen MR) is 139 cm³/mol. The van der Waals surface area contributed by atoms with E-state index in [9.17, 15) is 26.4 Å². The number of sulfonamides is 1. The van der Waals surface area contributed by atoms with Crippen LogP contribution in [0.25, 0.3) is 0 Å². The Hall–Kier alpha value is -2.81. The number of rotatable bonds is 10. The number of azo groups is 1. The second kappa shape index (κ2) is 11.9. The van der Waals surface area contributed by atoms with E-state index in [0.29, 0.717) is 6.42 Å². The quantitative estimate of drug-likeness (QED) is 0.265. The van der Waals surface area contributed by atoms with Gasteiger partial charge in [0.05, 0.1) is 11.8 Å². The summed E-state index contributed by atoms with van der Waals surface area (Å²) in [6.45, 7) is 9.54. The molecule has 0 fully saturated rings. The van der Waals surface area contributed by atoms with Gasteiger partial charge in [0.2, 0.25) is 15.0 Å². The Labute approximate surface area is 223 Å². The maximum absolute atomic E-state index is 12.9. The summed E-state index contributed by atoms with van der Waals surface area (Å²) in [6, 6.07) is 3.48. The topological polar surface area (TPSA) is 126 Å². The first-order chi connectivity index (χ1) is 17.7. The number of aryl methyl sites for hydroxylation is 1. The molecule has 10 nitrogen and oxygen atoms in total. The number of carbonyl (C=O) groups is 1. The van der Waals surface area contributed by atoms with E-state index in [1.807, 2.05) is 0 Å². The average Bonchev–Trinajstić information content (AvgIpc) is 3.27. The number of hydrogen-bond acceptors (Lipinski definition) is 10. The number of esters is 1. The Kier molecular flexibility index (Phi) is 9.34. The lowest BCUT2D eigenvalue weighted by molar-refractivity contribution is -0.106. The van der Waals surface area contributed by atoms with E-state index in [1.165, 1.54) is 6.07 Å². The Morgan fingerprint density at radius 2 is 1.92 bits per heavy atom. The van der Waals surface area contributed by atoms with Crippen molar-refractivity contribution in [2.24, 2.45) is 10.2 Å². The number of aromatic nitrogens is 2. The van der Waals surface area contributed by atoms with Crippen LogP contribution in [0, 0.1) is 0 Å². The lowest BCUT2D eigenvalue weighted by atomic mass is 9.92. The van der Waals surface area contributed by atoms with Crippen molar-refractivity contribution in [2.75, 3.05) is 15.4 Å². The van der Waals surface area contributed by atoms with Gasteiger partial charge in [0.15, 0.2) is 5.75 Å². The fraction of sp³-hybridized carbons (Fsp3) is 0.609. The van der Waals surface area contributed by atoms with Crippen LogP contribution in [-0.2, 0) is 21.2 Å². The first-order valence-electron chi connectivity index (χ1n) is 12.2. The minimum absolute atomic E-state index is 0.00481. The minimum atomic E-state index is -4.93. The van der Waals surface area contributed by atoms with Crippen LogP contribution in [0.3, 0.4) is 0 Å². The smallest absolute Gasteiger partial charge is 0.404 e. The van der Waals surface area contributed by atoms with Gasteiger partial charge in [-0.05, 0) is 64.2 Å². The lowest BCUT2D eigenvalue weighted by Crippen LogP contribution is -2.44. The van der Waals surface area contributed by atoms with Crippen molar-refractivity contribution >= 4 is 49.5 Å². The molecule has 1 unspecified atom stereocenters. The van der Waals surface area contributed by atoms with E-state index >= 15 is 0 Å². The molecule has 1 aromatic carbocycles. The zero-order chi connectivity index (χ0) is 28.3. The predicted octanol–water partition coefficient (Wildman–Crippen LogP) is 6.15. The summed E-state index contributed by atoms with van der Waals surface area (Å²) in [5.74, 6) is -2.72. The maximum atomic E-state index is 12.9. The Balaban J connectivity index is 2.04. The molecule has 0 spiro atoms. The molecular weight excluding hydrogens is 545 g/mol. The molecule has 0 amide bonds. The van der Waals surface area contributed by atoms with Crippen LogP contribution in [0.1, 0.15) is 69.2 Å². The van der Waals surface area contributed by atoms with Crippen LogP contribution in [0.5, 0.6) is 0 Å². The van der Waals surface area contributed by atoms with Crippen LogP contribution in [0.15, 0.2) is 22.4 Å². The van der Waals surface area contributed by atoms with E-state index in [1.54, 1.807) is 19.9 Å². The molecule has 0 aliphatic carbocycles. The summed E-state index contributed by atoms with van der Waals surface area (Å²) in [4.78, 5) is 14.2. The number of benzene rings is 1. The van der Waals surface area contributed by atoms with Crippen molar-refractivity contribution in [1.82, 2.24) is 10.2 Å². The van der Waals surface area contributed by atoms with E-state index in [0.717, 1.165) is 41.9 Å². The van der Waals surface area contributed by atoms with Gasteiger partial charge in [0.1, 0.15) is 5.69 Å². The van der Waals surface area contributed by atoms with Crippen molar-refractivity contribution in [2.45, 2.75) is 84.7 Å². The van der Waals surface area contributed by atoms with Crippen LogP contribution < -0.4 is 9.62 Å². The molecule has 0 bridgehead atoms. The summed E-state index contributed by atoms with van der Waals surface area (Å²) in [6.07, 6.45) is -2.08. The van der Waals surface area contributed by atoms with Crippen molar-refractivity contribution in [3.63, 3.8) is 0 Å². The molecule has 1 atom stereocenters. The van der Waals surface area contributed by atoms with Crippen molar-refractivity contribution in [3.05, 3.63) is 22.7 Å². The van der Waals surface area contributed by atoms with Gasteiger partial charge >= 0.3 is 12.1 Å². The second-order valence-corrected chi connectivity index (χ2v) is 12.0. The number of halogens is 3. The summed E-state index contributed by atoms with van der Waals surface area (Å²) < 4.78 is 70.7. The molecule has 0 saturated carbocycles. The van der Waals surface area contributed by atoms with E-state index in [2.05, 4.69) is 50.8 Å². The largest absolute Gasteiger partial charge is 0.458 e. The molecule has 2 aromatic rings. The summed E-state index contributed by atoms with van der Waals surface area (Å²) in [7, 11) is -4.79. The van der Waals surface area contributed by atoms with Crippen molar-refractivity contribution in [3.8, 4) is 0 Å². The first-order valence-corrected chi connectivity index (χ1v) is 14.7. The molecule has 1 aromatic heterocycles. The first kappa shape index (κ1) is 29.7. The monoisotopic (exact) mass is 576 g/mol.